The van der Waals surface area contributed by atoms with E-state index in [0.717, 1.165) is 38.3 Å². The molecule has 4 rings (SSSR count). The maximum absolute atomic E-state index is 15.0. The predicted octanol–water partition coefficient (Wildman–Crippen LogP) is 10.2. The number of aryl methyl sites for hydroxylation is 1. The van der Waals surface area contributed by atoms with Crippen molar-refractivity contribution in [2.75, 3.05) is 0 Å². The molecule has 0 radical (unpaired) electrons. The lowest BCUT2D eigenvalue weighted by Gasteiger charge is -2.20. The van der Waals surface area contributed by atoms with E-state index in [1.165, 1.54) is 12.1 Å². The highest BCUT2D eigenvalue weighted by molar-refractivity contribution is 5.72. The SMILES string of the molecule is CCCCCc1ccc(-c2cc(F)c(-c3cc(F)c(C(F)(F)Oc4cc(F)c(C)c(F)c4)c(F)c3)c(F)c2)c(F)c1. The van der Waals surface area contributed by atoms with Crippen LogP contribution in [0.4, 0.5) is 39.5 Å². The van der Waals surface area contributed by atoms with Crippen LogP contribution in [0, 0.1) is 47.6 Å². The molecule has 0 heterocycles. The fraction of sp³-hybridized carbons (Fsp3) is 0.226. The lowest BCUT2D eigenvalue weighted by molar-refractivity contribution is -0.189. The van der Waals surface area contributed by atoms with Crippen LogP contribution in [0.5, 0.6) is 5.75 Å². The molecule has 0 amide bonds. The van der Waals surface area contributed by atoms with Crippen LogP contribution >= 0.6 is 0 Å². The summed E-state index contributed by atoms with van der Waals surface area (Å²) in [5.41, 5.74) is -3.72. The first-order valence-electron chi connectivity index (χ1n) is 12.6. The minimum atomic E-state index is -4.76. The summed E-state index contributed by atoms with van der Waals surface area (Å²) < 4.78 is 135. The zero-order chi connectivity index (χ0) is 30.1. The maximum Gasteiger partial charge on any atom is 0.432 e. The first kappa shape index (κ1) is 30.0. The van der Waals surface area contributed by atoms with Gasteiger partial charge in [0.15, 0.2) is 0 Å². The Morgan fingerprint density at radius 3 is 1.73 bits per heavy atom. The van der Waals surface area contributed by atoms with Crippen molar-refractivity contribution < 1.29 is 44.3 Å². The number of unbranched alkanes of at least 4 members (excludes halogenated alkanes) is 2. The first-order chi connectivity index (χ1) is 19.3. The molecule has 216 valence electrons. The van der Waals surface area contributed by atoms with E-state index < -0.39 is 74.8 Å². The second kappa shape index (κ2) is 11.9. The summed E-state index contributed by atoms with van der Waals surface area (Å²) in [6, 6.07) is 7.12. The second-order valence-electron chi connectivity index (χ2n) is 9.53. The Kier molecular flexibility index (Phi) is 8.70. The molecule has 4 aromatic carbocycles. The van der Waals surface area contributed by atoms with E-state index >= 15 is 8.78 Å². The first-order valence-corrected chi connectivity index (χ1v) is 12.6. The molecule has 0 aliphatic rings. The molecule has 0 unspecified atom stereocenters. The summed E-state index contributed by atoms with van der Waals surface area (Å²) in [6.07, 6.45) is -1.35. The zero-order valence-corrected chi connectivity index (χ0v) is 21.8. The largest absolute Gasteiger partial charge is 0.432 e. The Hall–Kier alpha value is -3.95. The number of hydrogen-bond donors (Lipinski definition) is 0. The fourth-order valence-electron chi connectivity index (χ4n) is 4.41. The highest BCUT2D eigenvalue weighted by Gasteiger charge is 2.41. The molecule has 0 atom stereocenters. The van der Waals surface area contributed by atoms with Crippen molar-refractivity contribution in [3.8, 4) is 28.0 Å². The normalized spacial score (nSPS) is 11.7. The Bertz CT molecular complexity index is 1530. The number of ether oxygens (including phenoxy) is 1. The van der Waals surface area contributed by atoms with Crippen molar-refractivity contribution in [3.63, 3.8) is 0 Å². The van der Waals surface area contributed by atoms with Gasteiger partial charge in [0.1, 0.15) is 52.0 Å². The minimum absolute atomic E-state index is 0.109. The van der Waals surface area contributed by atoms with Crippen molar-refractivity contribution in [1.29, 1.82) is 0 Å². The molecule has 1 nitrogen and oxygen atoms in total. The van der Waals surface area contributed by atoms with E-state index in [0.29, 0.717) is 24.1 Å². The summed E-state index contributed by atoms with van der Waals surface area (Å²) in [5.74, 6) is -10.8. The van der Waals surface area contributed by atoms with Crippen molar-refractivity contribution in [2.45, 2.75) is 45.6 Å². The van der Waals surface area contributed by atoms with Crippen LogP contribution in [-0.2, 0) is 12.5 Å². The molecule has 4 aromatic rings. The predicted molar refractivity (Wildman–Crippen MR) is 136 cm³/mol. The third-order valence-corrected chi connectivity index (χ3v) is 6.58. The van der Waals surface area contributed by atoms with Gasteiger partial charge in [-0.1, -0.05) is 31.9 Å². The number of rotatable bonds is 9. The van der Waals surface area contributed by atoms with Gasteiger partial charge in [0.05, 0.1) is 5.56 Å². The van der Waals surface area contributed by atoms with Crippen LogP contribution in [-0.4, -0.2) is 0 Å². The molecule has 0 aliphatic heterocycles. The number of halogens is 9. The van der Waals surface area contributed by atoms with Crippen LogP contribution in [0.15, 0.2) is 54.6 Å². The molecule has 0 N–H and O–H groups in total. The summed E-state index contributed by atoms with van der Waals surface area (Å²) in [4.78, 5) is 0. The second-order valence-corrected chi connectivity index (χ2v) is 9.53. The van der Waals surface area contributed by atoms with E-state index in [1.54, 1.807) is 6.07 Å². The van der Waals surface area contributed by atoms with E-state index in [1.807, 2.05) is 6.92 Å². The van der Waals surface area contributed by atoms with E-state index in [2.05, 4.69) is 4.74 Å². The van der Waals surface area contributed by atoms with Gasteiger partial charge < -0.3 is 4.74 Å². The Balaban J connectivity index is 1.66. The maximum atomic E-state index is 15.0. The summed E-state index contributed by atoms with van der Waals surface area (Å²) in [6.45, 7) is 3.06. The third-order valence-electron chi connectivity index (χ3n) is 6.58. The van der Waals surface area contributed by atoms with E-state index in [4.69, 9.17) is 0 Å². The van der Waals surface area contributed by atoms with Gasteiger partial charge >= 0.3 is 6.11 Å². The summed E-state index contributed by atoms with van der Waals surface area (Å²) in [5, 5.41) is 0. The molecule has 0 saturated carbocycles. The molecule has 0 spiro atoms. The third kappa shape index (κ3) is 6.36. The molecule has 0 bridgehead atoms. The fourth-order valence-corrected chi connectivity index (χ4v) is 4.41. The summed E-state index contributed by atoms with van der Waals surface area (Å²) >= 11 is 0. The molecule has 41 heavy (non-hydrogen) atoms. The highest BCUT2D eigenvalue weighted by Crippen LogP contribution is 2.39. The van der Waals surface area contributed by atoms with Gasteiger partial charge in [-0.3, -0.25) is 0 Å². The number of hydrogen-bond acceptors (Lipinski definition) is 1. The van der Waals surface area contributed by atoms with Crippen LogP contribution < -0.4 is 4.74 Å². The average Bonchev–Trinajstić information content (AvgIpc) is 2.86. The number of alkyl halides is 2. The monoisotopic (exact) mass is 582 g/mol. The molecule has 0 saturated heterocycles. The quantitative estimate of drug-likeness (QED) is 0.141. The topological polar surface area (TPSA) is 9.23 Å². The van der Waals surface area contributed by atoms with E-state index in [-0.39, 0.29) is 23.3 Å². The van der Waals surface area contributed by atoms with Crippen molar-refractivity contribution in [3.05, 3.63) is 112 Å². The van der Waals surface area contributed by atoms with Crippen LogP contribution in [0.1, 0.15) is 42.9 Å². The van der Waals surface area contributed by atoms with Crippen LogP contribution in [0.3, 0.4) is 0 Å². The molecular weight excluding hydrogens is 559 g/mol. The Morgan fingerprint density at radius 1 is 0.634 bits per heavy atom. The smallest absolute Gasteiger partial charge is 0.429 e. The van der Waals surface area contributed by atoms with Gasteiger partial charge in [-0.2, -0.15) is 8.78 Å². The van der Waals surface area contributed by atoms with Gasteiger partial charge in [-0.25, -0.2) is 30.7 Å². The number of benzene rings is 4. The average molecular weight is 583 g/mol. The van der Waals surface area contributed by atoms with Gasteiger partial charge in [0, 0.05) is 23.3 Å². The Labute approximate surface area is 230 Å². The Morgan fingerprint density at radius 2 is 1.20 bits per heavy atom. The van der Waals surface area contributed by atoms with Crippen molar-refractivity contribution >= 4 is 0 Å². The zero-order valence-electron chi connectivity index (χ0n) is 21.8. The standard InChI is InChI=1S/C31H23F9O/c1-3-4-5-6-17-7-8-21(24(34)9-17)18-10-25(35)29(26(36)11-18)19-12-27(37)30(28(38)13-19)31(39,40)41-20-14-22(32)16(2)23(33)15-20/h7-15H,3-6H2,1-2H3. The molecule has 0 aliphatic carbocycles. The lowest BCUT2D eigenvalue weighted by atomic mass is 9.96. The minimum Gasteiger partial charge on any atom is -0.429 e. The van der Waals surface area contributed by atoms with Gasteiger partial charge in [0.25, 0.3) is 0 Å². The van der Waals surface area contributed by atoms with E-state index in [9.17, 15) is 30.7 Å². The molecular formula is C31H23F9O. The van der Waals surface area contributed by atoms with Crippen LogP contribution in [0.25, 0.3) is 22.3 Å². The van der Waals surface area contributed by atoms with Gasteiger partial charge in [-0.05, 0) is 66.8 Å². The van der Waals surface area contributed by atoms with Crippen LogP contribution in [0.2, 0.25) is 0 Å². The molecule has 0 aromatic heterocycles. The molecule has 0 fully saturated rings. The van der Waals surface area contributed by atoms with Crippen molar-refractivity contribution in [2.24, 2.45) is 0 Å². The highest BCUT2D eigenvalue weighted by atomic mass is 19.3. The lowest BCUT2D eigenvalue weighted by Crippen LogP contribution is -2.25. The summed E-state index contributed by atoms with van der Waals surface area (Å²) in [7, 11) is 0. The van der Waals surface area contributed by atoms with Gasteiger partial charge in [-0.15, -0.1) is 0 Å². The van der Waals surface area contributed by atoms with Crippen molar-refractivity contribution in [1.82, 2.24) is 0 Å². The van der Waals surface area contributed by atoms with Gasteiger partial charge in [0.2, 0.25) is 0 Å². The molecule has 10 heteroatoms.